The highest BCUT2D eigenvalue weighted by Gasteiger charge is 2.25. The molecule has 0 saturated carbocycles. The molecular weight excluding hydrogens is 404 g/mol. The molecule has 0 spiro atoms. The Morgan fingerprint density at radius 2 is 1.84 bits per heavy atom. The standard InChI is InChI=1S/C22H22N2O7/c1-2-20(25)15-5-8-18(9-6-15)30-14-22(27)31-13-21(26)23-11-3-4-16-12-17(24(28)29)7-10-19(16)23/h5-10,12H,2-4,11,13-14H2,1H3. The van der Waals surface area contributed by atoms with Gasteiger partial charge < -0.3 is 14.4 Å². The summed E-state index contributed by atoms with van der Waals surface area (Å²) in [5, 5.41) is 10.9. The Bertz CT molecular complexity index is 1000. The van der Waals surface area contributed by atoms with Gasteiger partial charge in [0, 0.05) is 36.3 Å². The van der Waals surface area contributed by atoms with Crippen LogP contribution in [-0.4, -0.2) is 42.3 Å². The maximum absolute atomic E-state index is 12.5. The van der Waals surface area contributed by atoms with Gasteiger partial charge in [0.15, 0.2) is 19.0 Å². The van der Waals surface area contributed by atoms with Crippen molar-refractivity contribution < 1.29 is 28.8 Å². The molecule has 1 aliphatic heterocycles. The van der Waals surface area contributed by atoms with Crippen molar-refractivity contribution in [2.75, 3.05) is 24.7 Å². The number of hydrogen-bond acceptors (Lipinski definition) is 7. The summed E-state index contributed by atoms with van der Waals surface area (Å²) in [7, 11) is 0. The van der Waals surface area contributed by atoms with E-state index in [2.05, 4.69) is 0 Å². The van der Waals surface area contributed by atoms with Crippen LogP contribution in [0.2, 0.25) is 0 Å². The Morgan fingerprint density at radius 3 is 2.52 bits per heavy atom. The van der Waals surface area contributed by atoms with Crippen molar-refractivity contribution in [2.45, 2.75) is 26.2 Å². The van der Waals surface area contributed by atoms with E-state index in [1.54, 1.807) is 37.3 Å². The second-order valence-electron chi connectivity index (χ2n) is 6.97. The maximum atomic E-state index is 12.5. The summed E-state index contributed by atoms with van der Waals surface area (Å²) in [4.78, 5) is 48.0. The van der Waals surface area contributed by atoms with Gasteiger partial charge in [-0.15, -0.1) is 0 Å². The fourth-order valence-electron chi connectivity index (χ4n) is 3.30. The number of Topliss-reactive ketones (excluding diaryl/α,β-unsaturated/α-hetero) is 1. The van der Waals surface area contributed by atoms with E-state index >= 15 is 0 Å². The number of carbonyl (C=O) groups is 3. The van der Waals surface area contributed by atoms with E-state index in [0.717, 1.165) is 0 Å². The molecule has 0 fully saturated rings. The van der Waals surface area contributed by atoms with Gasteiger partial charge in [-0.05, 0) is 48.7 Å². The zero-order valence-corrected chi connectivity index (χ0v) is 17.0. The summed E-state index contributed by atoms with van der Waals surface area (Å²) in [5.41, 5.74) is 1.85. The van der Waals surface area contributed by atoms with E-state index in [0.29, 0.717) is 48.4 Å². The van der Waals surface area contributed by atoms with Crippen molar-refractivity contribution in [3.8, 4) is 5.75 Å². The summed E-state index contributed by atoms with van der Waals surface area (Å²) in [6.07, 6.45) is 1.70. The highest BCUT2D eigenvalue weighted by molar-refractivity contribution is 5.97. The number of rotatable bonds is 8. The predicted octanol–water partition coefficient (Wildman–Crippen LogP) is 3.09. The van der Waals surface area contributed by atoms with Gasteiger partial charge in [0.25, 0.3) is 11.6 Å². The molecule has 0 bridgehead atoms. The van der Waals surface area contributed by atoms with Gasteiger partial charge in [-0.3, -0.25) is 19.7 Å². The number of amides is 1. The van der Waals surface area contributed by atoms with E-state index in [4.69, 9.17) is 9.47 Å². The normalized spacial score (nSPS) is 12.6. The van der Waals surface area contributed by atoms with Gasteiger partial charge in [0.2, 0.25) is 0 Å². The number of ketones is 1. The van der Waals surface area contributed by atoms with Crippen LogP contribution in [0.5, 0.6) is 5.75 Å². The third-order valence-corrected chi connectivity index (χ3v) is 4.90. The fourth-order valence-corrected chi connectivity index (χ4v) is 3.30. The molecule has 0 aliphatic carbocycles. The molecule has 0 unspecified atom stereocenters. The highest BCUT2D eigenvalue weighted by Crippen LogP contribution is 2.30. The minimum Gasteiger partial charge on any atom is -0.482 e. The first kappa shape index (κ1) is 21.9. The summed E-state index contributed by atoms with van der Waals surface area (Å²) in [5.74, 6) is -0.700. The molecule has 2 aromatic rings. The van der Waals surface area contributed by atoms with E-state index < -0.39 is 23.4 Å². The number of carbonyl (C=O) groups excluding carboxylic acids is 3. The third kappa shape index (κ3) is 5.44. The van der Waals surface area contributed by atoms with Crippen molar-refractivity contribution in [3.05, 3.63) is 63.7 Å². The third-order valence-electron chi connectivity index (χ3n) is 4.90. The highest BCUT2D eigenvalue weighted by atomic mass is 16.6. The Morgan fingerprint density at radius 1 is 1.10 bits per heavy atom. The summed E-state index contributed by atoms with van der Waals surface area (Å²) >= 11 is 0. The van der Waals surface area contributed by atoms with Crippen LogP contribution in [0.25, 0.3) is 0 Å². The monoisotopic (exact) mass is 426 g/mol. The van der Waals surface area contributed by atoms with Crippen molar-refractivity contribution in [3.63, 3.8) is 0 Å². The molecule has 0 atom stereocenters. The van der Waals surface area contributed by atoms with Gasteiger partial charge in [-0.1, -0.05) is 6.92 Å². The molecule has 0 saturated heterocycles. The number of nitro groups is 1. The smallest absolute Gasteiger partial charge is 0.344 e. The molecule has 9 nitrogen and oxygen atoms in total. The van der Waals surface area contributed by atoms with Crippen LogP contribution in [0, 0.1) is 10.1 Å². The van der Waals surface area contributed by atoms with Gasteiger partial charge in [0.1, 0.15) is 5.75 Å². The van der Waals surface area contributed by atoms with Crippen molar-refractivity contribution in [1.29, 1.82) is 0 Å². The lowest BCUT2D eigenvalue weighted by Gasteiger charge is -2.29. The molecule has 3 rings (SSSR count). The largest absolute Gasteiger partial charge is 0.482 e. The number of ether oxygens (including phenoxy) is 2. The van der Waals surface area contributed by atoms with Crippen LogP contribution < -0.4 is 9.64 Å². The first-order valence-corrected chi connectivity index (χ1v) is 9.88. The number of fused-ring (bicyclic) bond motifs is 1. The number of anilines is 1. The second-order valence-corrected chi connectivity index (χ2v) is 6.97. The average molecular weight is 426 g/mol. The molecule has 0 N–H and O–H groups in total. The number of nitrogens with zero attached hydrogens (tertiary/aromatic N) is 2. The van der Waals surface area contributed by atoms with Crippen molar-refractivity contribution in [2.24, 2.45) is 0 Å². The average Bonchev–Trinajstić information content (AvgIpc) is 2.80. The van der Waals surface area contributed by atoms with E-state index in [1.807, 2.05) is 0 Å². The molecule has 1 amide bonds. The summed E-state index contributed by atoms with van der Waals surface area (Å²) in [6.45, 7) is 1.39. The van der Waals surface area contributed by atoms with Crippen LogP contribution in [0.4, 0.5) is 11.4 Å². The second kappa shape index (κ2) is 9.84. The first-order valence-electron chi connectivity index (χ1n) is 9.88. The van der Waals surface area contributed by atoms with Gasteiger partial charge >= 0.3 is 5.97 Å². The van der Waals surface area contributed by atoms with E-state index in [1.165, 1.54) is 17.0 Å². The number of benzene rings is 2. The zero-order valence-electron chi connectivity index (χ0n) is 17.0. The lowest BCUT2D eigenvalue weighted by Crippen LogP contribution is -2.38. The number of non-ortho nitro benzene ring substituents is 1. The van der Waals surface area contributed by atoms with Crippen LogP contribution >= 0.6 is 0 Å². The number of nitro benzene ring substituents is 1. The molecule has 0 aromatic heterocycles. The molecule has 1 aliphatic rings. The van der Waals surface area contributed by atoms with Crippen molar-refractivity contribution in [1.82, 2.24) is 0 Å². The van der Waals surface area contributed by atoms with Crippen LogP contribution in [0.3, 0.4) is 0 Å². The minimum atomic E-state index is -0.706. The Balaban J connectivity index is 1.51. The topological polar surface area (TPSA) is 116 Å². The van der Waals surface area contributed by atoms with Gasteiger partial charge in [0.05, 0.1) is 4.92 Å². The van der Waals surface area contributed by atoms with Gasteiger partial charge in [-0.2, -0.15) is 0 Å². The molecule has 162 valence electrons. The molecule has 2 aromatic carbocycles. The van der Waals surface area contributed by atoms with Crippen LogP contribution in [-0.2, 0) is 20.7 Å². The zero-order chi connectivity index (χ0) is 22.4. The van der Waals surface area contributed by atoms with Gasteiger partial charge in [-0.25, -0.2) is 4.79 Å². The number of aryl methyl sites for hydroxylation is 1. The molecular formula is C22H22N2O7. The Kier molecular flexibility index (Phi) is 6.96. The lowest BCUT2D eigenvalue weighted by atomic mass is 10.0. The Labute approximate surface area is 178 Å². The maximum Gasteiger partial charge on any atom is 0.344 e. The van der Waals surface area contributed by atoms with E-state index in [-0.39, 0.29) is 18.1 Å². The quantitative estimate of drug-likeness (QED) is 0.276. The van der Waals surface area contributed by atoms with E-state index in [9.17, 15) is 24.5 Å². The molecule has 9 heteroatoms. The Hall–Kier alpha value is -3.75. The fraction of sp³-hybridized carbons (Fsp3) is 0.318. The SMILES string of the molecule is CCC(=O)c1ccc(OCC(=O)OCC(=O)N2CCCc3cc([N+](=O)[O-])ccc32)cc1. The predicted molar refractivity (Wildman–Crippen MR) is 111 cm³/mol. The van der Waals surface area contributed by atoms with Crippen molar-refractivity contribution >= 4 is 29.0 Å². The van der Waals surface area contributed by atoms with Crippen LogP contribution in [0.1, 0.15) is 35.7 Å². The van der Waals surface area contributed by atoms with Crippen LogP contribution in [0.15, 0.2) is 42.5 Å². The lowest BCUT2D eigenvalue weighted by molar-refractivity contribution is -0.384. The summed E-state index contributed by atoms with van der Waals surface area (Å²) < 4.78 is 10.3. The molecule has 1 heterocycles. The summed E-state index contributed by atoms with van der Waals surface area (Å²) in [6, 6.07) is 10.8. The minimum absolute atomic E-state index is 0.0124. The molecule has 0 radical (unpaired) electrons. The number of hydrogen-bond donors (Lipinski definition) is 0. The molecule has 31 heavy (non-hydrogen) atoms. The first-order chi connectivity index (χ1) is 14.9. The number of esters is 1.